The zero-order chi connectivity index (χ0) is 19.6. The van der Waals surface area contributed by atoms with Crippen molar-refractivity contribution in [2.45, 2.75) is 45.6 Å². The van der Waals surface area contributed by atoms with E-state index in [4.69, 9.17) is 4.74 Å². The van der Waals surface area contributed by atoms with Gasteiger partial charge >= 0.3 is 0 Å². The molecule has 2 saturated heterocycles. The van der Waals surface area contributed by atoms with Gasteiger partial charge in [0.15, 0.2) is 0 Å². The van der Waals surface area contributed by atoms with E-state index in [0.717, 1.165) is 18.5 Å². The topological polar surface area (TPSA) is 79.0 Å². The molecule has 146 valence electrons. The van der Waals surface area contributed by atoms with Gasteiger partial charge in [-0.15, -0.1) is 0 Å². The van der Waals surface area contributed by atoms with Crippen molar-refractivity contribution < 1.29 is 19.1 Å². The molecule has 1 aromatic carbocycles. The third-order valence-corrected chi connectivity index (χ3v) is 5.06. The largest absolute Gasteiger partial charge is 0.494 e. The number of methoxy groups -OCH3 is 1. The summed E-state index contributed by atoms with van der Waals surface area (Å²) in [6.07, 6.45) is 2.35. The summed E-state index contributed by atoms with van der Waals surface area (Å²) >= 11 is 0. The first-order valence-corrected chi connectivity index (χ1v) is 9.50. The lowest BCUT2D eigenvalue weighted by molar-refractivity contribution is -0.138. The molecule has 2 aliphatic rings. The highest BCUT2D eigenvalue weighted by Crippen LogP contribution is 2.34. The molecular weight excluding hydrogens is 346 g/mol. The van der Waals surface area contributed by atoms with Crippen LogP contribution in [0.25, 0.3) is 0 Å². The molecular formula is C20H27N3O4. The van der Waals surface area contributed by atoms with Gasteiger partial charge < -0.3 is 15.0 Å². The van der Waals surface area contributed by atoms with Gasteiger partial charge in [-0.05, 0) is 30.9 Å². The van der Waals surface area contributed by atoms with Crippen LogP contribution in [-0.2, 0) is 14.4 Å². The molecule has 3 rings (SSSR count). The van der Waals surface area contributed by atoms with E-state index < -0.39 is 6.04 Å². The number of amides is 3. The number of hydrogen-bond donors (Lipinski definition) is 1. The van der Waals surface area contributed by atoms with E-state index in [2.05, 4.69) is 19.2 Å². The van der Waals surface area contributed by atoms with E-state index in [1.165, 1.54) is 4.90 Å². The first kappa shape index (κ1) is 19.2. The van der Waals surface area contributed by atoms with Gasteiger partial charge in [-0.3, -0.25) is 19.3 Å². The monoisotopic (exact) mass is 373 g/mol. The number of carbonyl (C=O) groups excluding carboxylic acids is 3. The number of hydrogen-bond acceptors (Lipinski definition) is 5. The van der Waals surface area contributed by atoms with Gasteiger partial charge in [0.25, 0.3) is 5.91 Å². The van der Waals surface area contributed by atoms with Crippen molar-refractivity contribution >= 4 is 29.1 Å². The average Bonchev–Trinajstić information content (AvgIpc) is 3.16. The van der Waals surface area contributed by atoms with Crippen molar-refractivity contribution in [1.29, 1.82) is 0 Å². The van der Waals surface area contributed by atoms with E-state index in [-0.39, 0.29) is 24.1 Å². The lowest BCUT2D eigenvalue weighted by Gasteiger charge is -2.21. The maximum absolute atomic E-state index is 12.6. The summed E-state index contributed by atoms with van der Waals surface area (Å²) in [7, 11) is 1.56. The standard InChI is InChI=1S/C20H27N3O4/c1-13(2)8-10-23-19(25)12-15(20(23)26)21-14-6-7-16(17(11-14)27-3)22-9-4-5-18(22)24/h6-7,11,13,15,21H,4-5,8-10,12H2,1-3H3. The first-order chi connectivity index (χ1) is 12.9. The molecule has 1 atom stereocenters. The maximum atomic E-state index is 12.6. The molecule has 0 saturated carbocycles. The number of likely N-dealkylation sites (tertiary alicyclic amines) is 1. The zero-order valence-electron chi connectivity index (χ0n) is 16.2. The predicted molar refractivity (Wildman–Crippen MR) is 103 cm³/mol. The Balaban J connectivity index is 1.71. The van der Waals surface area contributed by atoms with Crippen LogP contribution in [0, 0.1) is 5.92 Å². The van der Waals surface area contributed by atoms with Crippen LogP contribution in [-0.4, -0.2) is 48.9 Å². The Bertz CT molecular complexity index is 747. The van der Waals surface area contributed by atoms with Crippen molar-refractivity contribution in [3.8, 4) is 5.75 Å². The number of rotatable bonds is 7. The highest BCUT2D eigenvalue weighted by Gasteiger charge is 2.38. The second-order valence-electron chi connectivity index (χ2n) is 7.50. The molecule has 7 nitrogen and oxygen atoms in total. The van der Waals surface area contributed by atoms with Crippen LogP contribution in [0.5, 0.6) is 5.75 Å². The molecule has 2 fully saturated rings. The fourth-order valence-corrected chi connectivity index (χ4v) is 3.51. The van der Waals surface area contributed by atoms with Crippen LogP contribution in [0.15, 0.2) is 18.2 Å². The summed E-state index contributed by atoms with van der Waals surface area (Å²) in [5, 5.41) is 3.15. The van der Waals surface area contributed by atoms with Crippen LogP contribution in [0.1, 0.15) is 39.5 Å². The highest BCUT2D eigenvalue weighted by atomic mass is 16.5. The molecule has 1 N–H and O–H groups in total. The average molecular weight is 373 g/mol. The van der Waals surface area contributed by atoms with E-state index >= 15 is 0 Å². The summed E-state index contributed by atoms with van der Waals surface area (Å²) in [6, 6.07) is 4.85. The molecule has 2 heterocycles. The third-order valence-electron chi connectivity index (χ3n) is 5.06. The van der Waals surface area contributed by atoms with Crippen molar-refractivity contribution in [2.24, 2.45) is 5.92 Å². The normalized spacial score (nSPS) is 20.1. The van der Waals surface area contributed by atoms with Gasteiger partial charge in [-0.25, -0.2) is 0 Å². The molecule has 7 heteroatoms. The van der Waals surface area contributed by atoms with Gasteiger partial charge in [-0.2, -0.15) is 0 Å². The Morgan fingerprint density at radius 2 is 2.00 bits per heavy atom. The summed E-state index contributed by atoms with van der Waals surface area (Å²) in [6.45, 7) is 5.29. The molecule has 3 amide bonds. The Labute approximate surface area is 159 Å². The molecule has 0 bridgehead atoms. The molecule has 0 radical (unpaired) electrons. The number of nitrogens with one attached hydrogen (secondary N) is 1. The van der Waals surface area contributed by atoms with Gasteiger partial charge in [0.1, 0.15) is 11.8 Å². The van der Waals surface area contributed by atoms with E-state index in [1.807, 2.05) is 12.1 Å². The fraction of sp³-hybridized carbons (Fsp3) is 0.550. The number of nitrogens with zero attached hydrogens (tertiary/aromatic N) is 2. The zero-order valence-corrected chi connectivity index (χ0v) is 16.2. The molecule has 2 aliphatic heterocycles. The number of ether oxygens (including phenoxy) is 1. The Kier molecular flexibility index (Phi) is 5.68. The predicted octanol–water partition coefficient (Wildman–Crippen LogP) is 2.41. The van der Waals surface area contributed by atoms with Crippen LogP contribution < -0.4 is 15.0 Å². The summed E-state index contributed by atoms with van der Waals surface area (Å²) in [4.78, 5) is 39.8. The Hall–Kier alpha value is -2.57. The van der Waals surface area contributed by atoms with Crippen LogP contribution >= 0.6 is 0 Å². The molecule has 0 spiro atoms. The van der Waals surface area contributed by atoms with Gasteiger partial charge in [0.05, 0.1) is 19.2 Å². The van der Waals surface area contributed by atoms with Gasteiger partial charge in [0, 0.05) is 31.3 Å². The smallest absolute Gasteiger partial charge is 0.252 e. The van der Waals surface area contributed by atoms with Crippen LogP contribution in [0.2, 0.25) is 0 Å². The molecule has 1 unspecified atom stereocenters. The third kappa shape index (κ3) is 4.07. The van der Waals surface area contributed by atoms with Crippen molar-refractivity contribution in [3.05, 3.63) is 18.2 Å². The van der Waals surface area contributed by atoms with Crippen molar-refractivity contribution in [1.82, 2.24) is 4.90 Å². The van der Waals surface area contributed by atoms with E-state index in [9.17, 15) is 14.4 Å². The Morgan fingerprint density at radius 1 is 1.22 bits per heavy atom. The number of anilines is 2. The van der Waals surface area contributed by atoms with Crippen molar-refractivity contribution in [3.63, 3.8) is 0 Å². The van der Waals surface area contributed by atoms with E-state index in [0.29, 0.717) is 36.9 Å². The fourth-order valence-electron chi connectivity index (χ4n) is 3.51. The van der Waals surface area contributed by atoms with Crippen LogP contribution in [0.3, 0.4) is 0 Å². The minimum atomic E-state index is -0.561. The highest BCUT2D eigenvalue weighted by molar-refractivity contribution is 6.07. The van der Waals surface area contributed by atoms with Crippen molar-refractivity contribution in [2.75, 3.05) is 30.4 Å². The Morgan fingerprint density at radius 3 is 2.63 bits per heavy atom. The second kappa shape index (κ2) is 7.98. The number of benzene rings is 1. The molecule has 0 aromatic heterocycles. The molecule has 0 aliphatic carbocycles. The summed E-state index contributed by atoms with van der Waals surface area (Å²) in [5.41, 5.74) is 1.43. The minimum absolute atomic E-state index is 0.0892. The summed E-state index contributed by atoms with van der Waals surface area (Å²) < 4.78 is 5.45. The SMILES string of the molecule is COc1cc(NC2CC(=O)N(CCC(C)C)C2=O)ccc1N1CCCC1=O. The van der Waals surface area contributed by atoms with Crippen LogP contribution in [0.4, 0.5) is 11.4 Å². The minimum Gasteiger partial charge on any atom is -0.494 e. The molecule has 1 aromatic rings. The number of imide groups is 1. The second-order valence-corrected chi connectivity index (χ2v) is 7.50. The quantitative estimate of drug-likeness (QED) is 0.743. The van der Waals surface area contributed by atoms with Gasteiger partial charge in [-0.1, -0.05) is 13.8 Å². The molecule has 27 heavy (non-hydrogen) atoms. The van der Waals surface area contributed by atoms with E-state index in [1.54, 1.807) is 18.1 Å². The first-order valence-electron chi connectivity index (χ1n) is 9.50. The van der Waals surface area contributed by atoms with Gasteiger partial charge in [0.2, 0.25) is 11.8 Å². The summed E-state index contributed by atoms with van der Waals surface area (Å²) in [5.74, 6) is 0.778. The lowest BCUT2D eigenvalue weighted by Crippen LogP contribution is -2.35. The lowest BCUT2D eigenvalue weighted by atomic mass is 10.1. The maximum Gasteiger partial charge on any atom is 0.252 e. The number of carbonyl (C=O) groups is 3.